The number of likely N-dealkylation sites (N-methyl/N-ethyl adjacent to an activating group) is 1. The molecule has 4 aromatic rings. The van der Waals surface area contributed by atoms with Crippen LogP contribution in [0.2, 0.25) is 0 Å². The van der Waals surface area contributed by atoms with Crippen LogP contribution in [0.5, 0.6) is 11.5 Å². The summed E-state index contributed by atoms with van der Waals surface area (Å²) < 4.78 is 13.7. The number of hydrogen-bond donors (Lipinski definition) is 2. The van der Waals surface area contributed by atoms with Crippen LogP contribution in [0.4, 0.5) is 17.3 Å². The molecule has 10 nitrogen and oxygen atoms in total. The van der Waals surface area contributed by atoms with Crippen LogP contribution in [-0.2, 0) is 11.8 Å². The maximum absolute atomic E-state index is 12.1. The summed E-state index contributed by atoms with van der Waals surface area (Å²) >= 11 is 0. The molecule has 0 aliphatic rings. The lowest BCUT2D eigenvalue weighted by Gasteiger charge is -2.18. The van der Waals surface area contributed by atoms with Crippen molar-refractivity contribution < 1.29 is 14.3 Å². The van der Waals surface area contributed by atoms with Gasteiger partial charge in [0.05, 0.1) is 29.2 Å². The first-order chi connectivity index (χ1) is 17.9. The number of fused-ring (bicyclic) bond motifs is 1. The quantitative estimate of drug-likeness (QED) is 0.294. The predicted molar refractivity (Wildman–Crippen MR) is 146 cm³/mol. The molecule has 0 aliphatic heterocycles. The summed E-state index contributed by atoms with van der Waals surface area (Å²) in [7, 11) is 5.83. The largest absolute Gasteiger partial charge is 0.492 e. The molecule has 1 amide bonds. The van der Waals surface area contributed by atoms with E-state index in [1.54, 1.807) is 18.3 Å². The van der Waals surface area contributed by atoms with E-state index in [2.05, 4.69) is 27.3 Å². The Balaban J connectivity index is 1.70. The van der Waals surface area contributed by atoms with Gasteiger partial charge in [-0.25, -0.2) is 9.97 Å². The summed E-state index contributed by atoms with van der Waals surface area (Å²) in [4.78, 5) is 23.2. The highest BCUT2D eigenvalue weighted by Gasteiger charge is 2.17. The Morgan fingerprint density at radius 3 is 2.68 bits per heavy atom. The predicted octanol–water partition coefficient (Wildman–Crippen LogP) is 4.24. The number of aryl methyl sites for hydroxylation is 1. The summed E-state index contributed by atoms with van der Waals surface area (Å²) in [5, 5.41) is 11.7. The van der Waals surface area contributed by atoms with E-state index in [9.17, 15) is 4.79 Å². The van der Waals surface area contributed by atoms with Gasteiger partial charge in [0.1, 0.15) is 23.8 Å². The lowest BCUT2D eigenvalue weighted by atomic mass is 10.1. The van der Waals surface area contributed by atoms with Gasteiger partial charge in [-0.3, -0.25) is 9.48 Å². The standard InChI is InChI=1S/C27H31N7O3/c1-6-25(35)29-20-16-21(23(36-7-2)17-24(20)37-15-14-33(3)4)31-27-28-13-12-19(30-27)26-18-10-8-9-11-22(18)34(5)32-26/h6,8-13,16-17H,1,7,14-15H2,2-5H3,(H,29,35)(H,28,30,31). The van der Waals surface area contributed by atoms with Crippen LogP contribution in [-0.4, -0.2) is 64.4 Å². The molecule has 0 saturated heterocycles. The zero-order valence-electron chi connectivity index (χ0n) is 21.5. The number of anilines is 3. The molecule has 0 saturated carbocycles. The van der Waals surface area contributed by atoms with Gasteiger partial charge in [-0.2, -0.15) is 5.10 Å². The van der Waals surface area contributed by atoms with Crippen molar-refractivity contribution in [3.63, 3.8) is 0 Å². The molecule has 0 unspecified atom stereocenters. The van der Waals surface area contributed by atoms with Crippen molar-refractivity contribution in [1.29, 1.82) is 0 Å². The number of amides is 1. The molecule has 37 heavy (non-hydrogen) atoms. The number of benzene rings is 2. The Kier molecular flexibility index (Phi) is 7.99. The number of para-hydroxylation sites is 1. The van der Waals surface area contributed by atoms with Crippen molar-refractivity contribution in [3.8, 4) is 22.9 Å². The number of nitrogens with zero attached hydrogens (tertiary/aromatic N) is 5. The number of rotatable bonds is 11. The van der Waals surface area contributed by atoms with E-state index in [1.165, 1.54) is 6.08 Å². The zero-order valence-corrected chi connectivity index (χ0v) is 21.5. The Morgan fingerprint density at radius 1 is 1.14 bits per heavy atom. The lowest BCUT2D eigenvalue weighted by molar-refractivity contribution is -0.111. The van der Waals surface area contributed by atoms with Gasteiger partial charge in [0.15, 0.2) is 0 Å². The smallest absolute Gasteiger partial charge is 0.247 e. The molecule has 2 N–H and O–H groups in total. The minimum Gasteiger partial charge on any atom is -0.492 e. The molecular formula is C27H31N7O3. The van der Waals surface area contributed by atoms with Crippen LogP contribution in [0.15, 0.2) is 61.3 Å². The van der Waals surface area contributed by atoms with E-state index in [0.29, 0.717) is 54.3 Å². The van der Waals surface area contributed by atoms with Crippen LogP contribution in [0.1, 0.15) is 6.92 Å². The summed E-state index contributed by atoms with van der Waals surface area (Å²) in [5.41, 5.74) is 3.50. The number of aromatic nitrogens is 4. The van der Waals surface area contributed by atoms with E-state index in [-0.39, 0.29) is 5.91 Å². The summed E-state index contributed by atoms with van der Waals surface area (Å²) in [6.45, 7) is 7.02. The number of nitrogens with one attached hydrogen (secondary N) is 2. The fourth-order valence-electron chi connectivity index (χ4n) is 3.75. The molecule has 2 heterocycles. The molecule has 4 rings (SSSR count). The molecule has 0 bridgehead atoms. The average molecular weight is 502 g/mol. The number of ether oxygens (including phenoxy) is 2. The zero-order chi connectivity index (χ0) is 26.4. The van der Waals surface area contributed by atoms with Crippen LogP contribution in [0, 0.1) is 0 Å². The molecule has 0 spiro atoms. The number of carbonyl (C=O) groups excluding carboxylic acids is 1. The van der Waals surface area contributed by atoms with Crippen LogP contribution in [0.3, 0.4) is 0 Å². The van der Waals surface area contributed by atoms with Gasteiger partial charge in [-0.1, -0.05) is 24.8 Å². The van der Waals surface area contributed by atoms with Crippen molar-refractivity contribution >= 4 is 34.1 Å². The fourth-order valence-corrected chi connectivity index (χ4v) is 3.75. The first-order valence-electron chi connectivity index (χ1n) is 11.9. The summed E-state index contributed by atoms with van der Waals surface area (Å²) in [6.07, 6.45) is 2.88. The van der Waals surface area contributed by atoms with Crippen LogP contribution >= 0.6 is 0 Å². The summed E-state index contributed by atoms with van der Waals surface area (Å²) in [5.74, 6) is 1.03. The maximum Gasteiger partial charge on any atom is 0.247 e. The van der Waals surface area contributed by atoms with E-state index in [1.807, 2.05) is 68.0 Å². The highest BCUT2D eigenvalue weighted by Crippen LogP contribution is 2.38. The highest BCUT2D eigenvalue weighted by atomic mass is 16.5. The van der Waals surface area contributed by atoms with Gasteiger partial charge in [-0.15, -0.1) is 0 Å². The van der Waals surface area contributed by atoms with Gasteiger partial charge >= 0.3 is 0 Å². The Hall–Kier alpha value is -4.44. The number of carbonyl (C=O) groups is 1. The number of hydrogen-bond acceptors (Lipinski definition) is 8. The van der Waals surface area contributed by atoms with Crippen LogP contribution < -0.4 is 20.1 Å². The monoisotopic (exact) mass is 501 g/mol. The molecule has 0 fully saturated rings. The van der Waals surface area contributed by atoms with Crippen molar-refractivity contribution in [2.24, 2.45) is 7.05 Å². The van der Waals surface area contributed by atoms with E-state index < -0.39 is 0 Å². The fraction of sp³-hybridized carbons (Fsp3) is 0.259. The Morgan fingerprint density at radius 2 is 1.92 bits per heavy atom. The molecular weight excluding hydrogens is 470 g/mol. The maximum atomic E-state index is 12.1. The van der Waals surface area contributed by atoms with E-state index >= 15 is 0 Å². The van der Waals surface area contributed by atoms with Crippen molar-refractivity contribution in [2.45, 2.75) is 6.92 Å². The molecule has 0 atom stereocenters. The normalized spacial score (nSPS) is 10.9. The lowest BCUT2D eigenvalue weighted by Crippen LogP contribution is -2.20. The topological polar surface area (TPSA) is 106 Å². The third-order valence-electron chi connectivity index (χ3n) is 5.52. The van der Waals surface area contributed by atoms with Gasteiger partial charge in [0.2, 0.25) is 11.9 Å². The average Bonchev–Trinajstić information content (AvgIpc) is 3.23. The van der Waals surface area contributed by atoms with Gasteiger partial charge in [0.25, 0.3) is 0 Å². The van der Waals surface area contributed by atoms with E-state index in [0.717, 1.165) is 16.6 Å². The molecule has 2 aromatic carbocycles. The minimum absolute atomic E-state index is 0.354. The second-order valence-corrected chi connectivity index (χ2v) is 8.50. The first-order valence-corrected chi connectivity index (χ1v) is 11.9. The third-order valence-corrected chi connectivity index (χ3v) is 5.52. The second kappa shape index (κ2) is 11.5. The molecule has 2 aromatic heterocycles. The summed E-state index contributed by atoms with van der Waals surface area (Å²) in [6, 6.07) is 13.3. The highest BCUT2D eigenvalue weighted by molar-refractivity contribution is 6.00. The van der Waals surface area contributed by atoms with Crippen LogP contribution in [0.25, 0.3) is 22.3 Å². The van der Waals surface area contributed by atoms with Gasteiger partial charge < -0.3 is 25.0 Å². The third kappa shape index (κ3) is 6.04. The Labute approximate surface area is 215 Å². The molecule has 0 radical (unpaired) electrons. The Bertz CT molecular complexity index is 1410. The first kappa shape index (κ1) is 25.6. The van der Waals surface area contributed by atoms with Gasteiger partial charge in [-0.05, 0) is 45.3 Å². The van der Waals surface area contributed by atoms with Crippen molar-refractivity contribution in [1.82, 2.24) is 24.6 Å². The van der Waals surface area contributed by atoms with E-state index in [4.69, 9.17) is 14.5 Å². The minimum atomic E-state index is -0.354. The van der Waals surface area contributed by atoms with Crippen molar-refractivity contribution in [2.75, 3.05) is 44.5 Å². The molecule has 0 aliphatic carbocycles. The second-order valence-electron chi connectivity index (χ2n) is 8.50. The van der Waals surface area contributed by atoms with Gasteiger partial charge in [0, 0.05) is 31.2 Å². The molecule has 10 heteroatoms. The molecule has 192 valence electrons. The SMILES string of the molecule is C=CC(=O)Nc1cc(Nc2nccc(-c3nn(C)c4ccccc34)n2)c(OCC)cc1OCCN(C)C. The van der Waals surface area contributed by atoms with Crippen molar-refractivity contribution in [3.05, 3.63) is 61.3 Å².